The van der Waals surface area contributed by atoms with Crippen LogP contribution in [0.25, 0.3) is 5.69 Å². The summed E-state index contributed by atoms with van der Waals surface area (Å²) < 4.78 is 68.1. The maximum Gasteiger partial charge on any atom is 0.416 e. The van der Waals surface area contributed by atoms with Crippen LogP contribution in [0.1, 0.15) is 51.5 Å². The van der Waals surface area contributed by atoms with Gasteiger partial charge in [-0.15, -0.1) is 0 Å². The summed E-state index contributed by atoms with van der Waals surface area (Å²) in [5.74, 6) is -3.70. The van der Waals surface area contributed by atoms with Crippen molar-refractivity contribution in [2.45, 2.75) is 44.7 Å². The summed E-state index contributed by atoms with van der Waals surface area (Å²) in [5.41, 5.74) is 1.72. The molecule has 1 saturated carbocycles. The van der Waals surface area contributed by atoms with E-state index in [9.17, 15) is 26.7 Å². The van der Waals surface area contributed by atoms with Crippen molar-refractivity contribution in [1.29, 1.82) is 0 Å². The van der Waals surface area contributed by atoms with Gasteiger partial charge in [0.1, 0.15) is 0 Å². The van der Waals surface area contributed by atoms with Gasteiger partial charge in [-0.05, 0) is 55.3 Å². The van der Waals surface area contributed by atoms with Crippen LogP contribution in [0.5, 0.6) is 0 Å². The maximum absolute atomic E-state index is 13.5. The largest absolute Gasteiger partial charge is 0.416 e. The first-order chi connectivity index (χ1) is 14.9. The molecule has 1 N–H and O–H groups in total. The standard InChI is InChI=1S/C23H20F5N3O/c1-13-3-4-15(5-14(13)2)21(32)30-18-6-17(23(26,27)28)7-19(8-18)31-11-20(29-12-31)16-9-22(24,25)10-16/h3-8,11-12,16H,9-10H2,1-2H3,(H,30,32). The summed E-state index contributed by atoms with van der Waals surface area (Å²) in [7, 11) is 0. The highest BCUT2D eigenvalue weighted by atomic mass is 19.4. The quantitative estimate of drug-likeness (QED) is 0.477. The van der Waals surface area contributed by atoms with Gasteiger partial charge in [-0.25, -0.2) is 13.8 Å². The third kappa shape index (κ3) is 4.51. The first-order valence-electron chi connectivity index (χ1n) is 9.94. The molecule has 0 unspecified atom stereocenters. The molecule has 1 fully saturated rings. The van der Waals surface area contributed by atoms with Gasteiger partial charge in [-0.2, -0.15) is 13.2 Å². The lowest BCUT2D eigenvalue weighted by Gasteiger charge is -2.33. The van der Waals surface area contributed by atoms with Gasteiger partial charge in [0.2, 0.25) is 5.92 Å². The molecule has 168 valence electrons. The SMILES string of the molecule is Cc1ccc(C(=O)Nc2cc(-n3cnc(C4CC(F)(F)C4)c3)cc(C(F)(F)F)c2)cc1C. The average molecular weight is 449 g/mol. The van der Waals surface area contributed by atoms with Crippen molar-refractivity contribution in [3.05, 3.63) is 76.9 Å². The minimum Gasteiger partial charge on any atom is -0.322 e. The first kappa shape index (κ1) is 22.0. The maximum atomic E-state index is 13.5. The van der Waals surface area contributed by atoms with Crippen LogP contribution >= 0.6 is 0 Å². The molecule has 1 aliphatic carbocycles. The number of amides is 1. The average Bonchev–Trinajstić information content (AvgIpc) is 3.17. The van der Waals surface area contributed by atoms with Crippen LogP contribution < -0.4 is 5.32 Å². The summed E-state index contributed by atoms with van der Waals surface area (Å²) >= 11 is 0. The molecule has 1 heterocycles. The minimum absolute atomic E-state index is 0.0384. The van der Waals surface area contributed by atoms with Crippen molar-refractivity contribution < 1.29 is 26.7 Å². The highest BCUT2D eigenvalue weighted by Gasteiger charge is 2.46. The van der Waals surface area contributed by atoms with E-state index in [0.29, 0.717) is 11.3 Å². The molecule has 1 amide bonds. The lowest BCUT2D eigenvalue weighted by atomic mass is 9.79. The third-order valence-electron chi connectivity index (χ3n) is 5.68. The Bertz CT molecular complexity index is 1170. The molecule has 4 rings (SSSR count). The Kier molecular flexibility index (Phi) is 5.30. The fourth-order valence-electron chi connectivity index (χ4n) is 3.64. The molecule has 0 saturated heterocycles. The van der Waals surface area contributed by atoms with E-state index in [0.717, 1.165) is 23.3 Å². The zero-order chi connectivity index (χ0) is 23.3. The molecule has 4 nitrogen and oxygen atoms in total. The molecular weight excluding hydrogens is 429 g/mol. The van der Waals surface area contributed by atoms with Gasteiger partial charge >= 0.3 is 6.18 Å². The summed E-state index contributed by atoms with van der Waals surface area (Å²) in [6.07, 6.45) is -2.57. The zero-order valence-corrected chi connectivity index (χ0v) is 17.3. The van der Waals surface area contributed by atoms with E-state index < -0.39 is 29.5 Å². The van der Waals surface area contributed by atoms with Crippen LogP contribution in [-0.2, 0) is 6.18 Å². The molecule has 0 bridgehead atoms. The van der Waals surface area contributed by atoms with Crippen LogP contribution in [0.3, 0.4) is 0 Å². The van der Waals surface area contributed by atoms with E-state index in [1.807, 2.05) is 13.8 Å². The zero-order valence-electron chi connectivity index (χ0n) is 17.3. The van der Waals surface area contributed by atoms with E-state index in [1.165, 1.54) is 23.2 Å². The Labute approximate surface area is 181 Å². The van der Waals surface area contributed by atoms with E-state index >= 15 is 0 Å². The van der Waals surface area contributed by atoms with Gasteiger partial charge in [0, 0.05) is 41.9 Å². The van der Waals surface area contributed by atoms with E-state index in [1.54, 1.807) is 18.2 Å². The molecule has 0 radical (unpaired) electrons. The number of rotatable bonds is 4. The Balaban J connectivity index is 1.64. The van der Waals surface area contributed by atoms with Gasteiger partial charge in [-0.1, -0.05) is 6.07 Å². The van der Waals surface area contributed by atoms with Gasteiger partial charge in [-0.3, -0.25) is 4.79 Å². The number of benzene rings is 2. The molecule has 1 aromatic heterocycles. The third-order valence-corrected chi connectivity index (χ3v) is 5.68. The van der Waals surface area contributed by atoms with Crippen molar-refractivity contribution in [2.24, 2.45) is 0 Å². The van der Waals surface area contributed by atoms with E-state index in [-0.39, 0.29) is 24.2 Å². The number of carbonyl (C=O) groups is 1. The molecule has 9 heteroatoms. The van der Waals surface area contributed by atoms with Crippen molar-refractivity contribution >= 4 is 11.6 Å². The Morgan fingerprint density at radius 3 is 2.44 bits per heavy atom. The number of hydrogen-bond donors (Lipinski definition) is 1. The van der Waals surface area contributed by atoms with Crippen molar-refractivity contribution in [3.63, 3.8) is 0 Å². The highest BCUT2D eigenvalue weighted by Crippen LogP contribution is 2.47. The van der Waals surface area contributed by atoms with Crippen molar-refractivity contribution in [3.8, 4) is 5.69 Å². The van der Waals surface area contributed by atoms with Crippen LogP contribution in [0.2, 0.25) is 0 Å². The van der Waals surface area contributed by atoms with Crippen LogP contribution in [-0.4, -0.2) is 21.4 Å². The predicted molar refractivity (Wildman–Crippen MR) is 109 cm³/mol. The number of nitrogens with zero attached hydrogens (tertiary/aromatic N) is 2. The smallest absolute Gasteiger partial charge is 0.322 e. The number of aromatic nitrogens is 2. The Morgan fingerprint density at radius 2 is 1.81 bits per heavy atom. The number of carbonyl (C=O) groups excluding carboxylic acids is 1. The van der Waals surface area contributed by atoms with Crippen LogP contribution in [0.15, 0.2) is 48.9 Å². The summed E-state index contributed by atoms with van der Waals surface area (Å²) in [4.78, 5) is 16.7. The molecule has 1 aliphatic rings. The number of anilines is 1. The molecule has 2 aromatic carbocycles. The second kappa shape index (κ2) is 7.72. The van der Waals surface area contributed by atoms with Gasteiger partial charge in [0.25, 0.3) is 5.91 Å². The van der Waals surface area contributed by atoms with Crippen molar-refractivity contribution in [2.75, 3.05) is 5.32 Å². The molecule has 32 heavy (non-hydrogen) atoms. The lowest BCUT2D eigenvalue weighted by molar-refractivity contribution is -0.137. The van der Waals surface area contributed by atoms with Crippen LogP contribution in [0, 0.1) is 13.8 Å². The van der Waals surface area contributed by atoms with Crippen LogP contribution in [0.4, 0.5) is 27.6 Å². The summed E-state index contributed by atoms with van der Waals surface area (Å²) in [6.45, 7) is 3.73. The summed E-state index contributed by atoms with van der Waals surface area (Å²) in [5, 5.41) is 2.52. The number of imidazole rings is 1. The van der Waals surface area contributed by atoms with Gasteiger partial charge < -0.3 is 9.88 Å². The second-order valence-electron chi connectivity index (χ2n) is 8.19. The van der Waals surface area contributed by atoms with E-state index in [4.69, 9.17) is 0 Å². The van der Waals surface area contributed by atoms with Gasteiger partial charge in [0.05, 0.1) is 17.6 Å². The Hall–Kier alpha value is -3.23. The van der Waals surface area contributed by atoms with E-state index in [2.05, 4.69) is 10.3 Å². The number of hydrogen-bond acceptors (Lipinski definition) is 2. The fourth-order valence-corrected chi connectivity index (χ4v) is 3.64. The topological polar surface area (TPSA) is 46.9 Å². The first-order valence-corrected chi connectivity index (χ1v) is 9.94. The fraction of sp³-hybridized carbons (Fsp3) is 0.304. The number of alkyl halides is 5. The number of halogens is 5. The normalized spacial score (nSPS) is 16.0. The van der Waals surface area contributed by atoms with Crippen molar-refractivity contribution in [1.82, 2.24) is 9.55 Å². The monoisotopic (exact) mass is 449 g/mol. The molecular formula is C23H20F5N3O. The lowest BCUT2D eigenvalue weighted by Crippen LogP contribution is -2.33. The molecule has 3 aromatic rings. The Morgan fingerprint density at radius 1 is 1.09 bits per heavy atom. The molecule has 0 aliphatic heterocycles. The highest BCUT2D eigenvalue weighted by molar-refractivity contribution is 6.04. The van der Waals surface area contributed by atoms with Gasteiger partial charge in [0.15, 0.2) is 0 Å². The summed E-state index contributed by atoms with van der Waals surface area (Å²) in [6, 6.07) is 8.19. The second-order valence-corrected chi connectivity index (χ2v) is 8.19. The minimum atomic E-state index is -4.64. The number of nitrogens with one attached hydrogen (secondary N) is 1. The number of aryl methyl sites for hydroxylation is 2. The molecule has 0 atom stereocenters. The molecule has 0 spiro atoms. The predicted octanol–water partition coefficient (Wildman–Crippen LogP) is 6.27.